The number of carboxylic acids is 1. The van der Waals surface area contributed by atoms with E-state index in [1.165, 1.54) is 41.2 Å². The van der Waals surface area contributed by atoms with Gasteiger partial charge < -0.3 is 24.1 Å². The first kappa shape index (κ1) is 29.8. The molecule has 0 saturated heterocycles. The molecule has 1 aromatic carbocycles. The van der Waals surface area contributed by atoms with Crippen LogP contribution in [0, 0.1) is 5.41 Å². The molecule has 45 heavy (non-hydrogen) atoms. The fourth-order valence-electron chi connectivity index (χ4n) is 7.19. The topological polar surface area (TPSA) is 105 Å². The van der Waals surface area contributed by atoms with Crippen LogP contribution in [0.15, 0.2) is 36.5 Å². The number of hydrogen-bond acceptors (Lipinski definition) is 7. The monoisotopic (exact) mass is 635 g/mol. The van der Waals surface area contributed by atoms with Gasteiger partial charge in [-0.25, -0.2) is 9.67 Å². The fraction of sp³-hybridized carbons (Fsp3) is 0.516. The number of pyridine rings is 1. The van der Waals surface area contributed by atoms with Gasteiger partial charge in [-0.3, -0.25) is 4.79 Å². The zero-order chi connectivity index (χ0) is 31.8. The number of carboxylic acid groups (broad SMARTS) is 1. The highest BCUT2D eigenvalue weighted by molar-refractivity contribution is 5.75. The van der Waals surface area contributed by atoms with E-state index >= 15 is 0 Å². The van der Waals surface area contributed by atoms with Crippen LogP contribution < -0.4 is 14.2 Å². The van der Waals surface area contributed by atoms with Crippen molar-refractivity contribution in [3.63, 3.8) is 0 Å². The number of alkyl halides is 5. The molecule has 5 aliphatic rings. The molecule has 0 radical (unpaired) electrons. The molecule has 0 amide bonds. The molecule has 3 aromatic rings. The Hall–Kier alpha value is -3.94. The van der Waals surface area contributed by atoms with Crippen molar-refractivity contribution in [2.75, 3.05) is 0 Å². The number of aliphatic carboxylic acids is 1. The minimum absolute atomic E-state index is 0.0808. The molecular weight excluding hydrogens is 605 g/mol. The lowest BCUT2D eigenvalue weighted by atomic mass is 9.58. The average molecular weight is 636 g/mol. The van der Waals surface area contributed by atoms with E-state index in [0.717, 1.165) is 0 Å². The summed E-state index contributed by atoms with van der Waals surface area (Å²) in [5, 5.41) is 13.8. The molecule has 1 aliphatic heterocycles. The predicted octanol–water partition coefficient (Wildman–Crippen LogP) is 7.32. The maximum atomic E-state index is 14.3. The summed E-state index contributed by atoms with van der Waals surface area (Å²) in [5.41, 5.74) is -1.13. The molecule has 9 nitrogen and oxygen atoms in total. The summed E-state index contributed by atoms with van der Waals surface area (Å²) in [4.78, 5) is 16.1. The molecule has 14 heteroatoms. The van der Waals surface area contributed by atoms with Gasteiger partial charge in [0.25, 0.3) is 0 Å². The average Bonchev–Trinajstić information content (AvgIpc) is 3.55. The Kier molecular flexibility index (Phi) is 6.81. The van der Waals surface area contributed by atoms with Gasteiger partial charge in [-0.05, 0) is 88.5 Å². The number of halogens is 5. The lowest BCUT2D eigenvalue weighted by molar-refractivity contribution is -0.286. The van der Waals surface area contributed by atoms with Gasteiger partial charge in [0.1, 0.15) is 12.2 Å². The maximum absolute atomic E-state index is 14.3. The summed E-state index contributed by atoms with van der Waals surface area (Å²) >= 11 is 0. The van der Waals surface area contributed by atoms with E-state index in [1.807, 2.05) is 0 Å². The van der Waals surface area contributed by atoms with E-state index < -0.39 is 47.4 Å². The summed E-state index contributed by atoms with van der Waals surface area (Å²) in [7, 11) is 0. The lowest BCUT2D eigenvalue weighted by Crippen LogP contribution is -2.51. The van der Waals surface area contributed by atoms with Gasteiger partial charge in [0.15, 0.2) is 17.2 Å². The normalized spacial score (nSPS) is 27.2. The highest BCUT2D eigenvalue weighted by Crippen LogP contribution is 2.56. The van der Waals surface area contributed by atoms with Crippen molar-refractivity contribution in [2.45, 2.75) is 95.0 Å². The molecule has 2 aromatic heterocycles. The number of ether oxygens (including phenoxy) is 4. The van der Waals surface area contributed by atoms with Gasteiger partial charge in [0.2, 0.25) is 5.88 Å². The minimum Gasteiger partial charge on any atom is -0.481 e. The van der Waals surface area contributed by atoms with Crippen molar-refractivity contribution in [1.29, 1.82) is 0 Å². The van der Waals surface area contributed by atoms with Crippen molar-refractivity contribution in [2.24, 2.45) is 5.41 Å². The molecular formula is C31H30F5N3O6. The van der Waals surface area contributed by atoms with Crippen LogP contribution in [0.4, 0.5) is 22.0 Å². The second-order valence-electron chi connectivity index (χ2n) is 12.4. The van der Waals surface area contributed by atoms with E-state index in [1.54, 1.807) is 6.92 Å². The molecule has 2 bridgehead atoms. The molecule has 3 heterocycles. The zero-order valence-electron chi connectivity index (χ0n) is 24.2. The molecule has 1 N–H and O–H groups in total. The zero-order valence-corrected chi connectivity index (χ0v) is 24.2. The Morgan fingerprint density at radius 1 is 1.07 bits per heavy atom. The number of carbonyl (C=O) groups is 1. The Labute approximate surface area is 254 Å². The number of rotatable bonds is 7. The fourth-order valence-corrected chi connectivity index (χ4v) is 7.19. The SMILES string of the molecule is C[C@H](Oc1cc(-n2nc(C(F)(F)F)c3c2[C@H](OC24CCC(C(=O)O)(CC2)CC4)CCC3)ccn1)c1ccc2c(c1)OC(F)(F)O2. The van der Waals surface area contributed by atoms with Gasteiger partial charge in [-0.1, -0.05) is 6.07 Å². The third-order valence-corrected chi connectivity index (χ3v) is 9.67. The van der Waals surface area contributed by atoms with Gasteiger partial charge >= 0.3 is 18.4 Å². The molecule has 3 saturated carbocycles. The van der Waals surface area contributed by atoms with E-state index in [0.29, 0.717) is 62.6 Å². The first-order valence-electron chi connectivity index (χ1n) is 14.9. The first-order chi connectivity index (χ1) is 21.3. The van der Waals surface area contributed by atoms with Crippen LogP contribution in [0.3, 0.4) is 0 Å². The molecule has 3 fully saturated rings. The number of aromatic nitrogens is 3. The smallest absolute Gasteiger partial charge is 0.481 e. The number of fused-ring (bicyclic) bond motifs is 5. The highest BCUT2D eigenvalue weighted by atomic mass is 19.4. The van der Waals surface area contributed by atoms with Gasteiger partial charge in [-0.2, -0.15) is 18.3 Å². The van der Waals surface area contributed by atoms with Crippen LogP contribution in [0.5, 0.6) is 17.4 Å². The summed E-state index contributed by atoms with van der Waals surface area (Å²) in [6, 6.07) is 7.24. The van der Waals surface area contributed by atoms with Crippen LogP contribution in [-0.4, -0.2) is 37.7 Å². The summed E-state index contributed by atoms with van der Waals surface area (Å²) in [6.07, 6.45) is -4.22. The summed E-state index contributed by atoms with van der Waals surface area (Å²) < 4.78 is 92.6. The van der Waals surface area contributed by atoms with E-state index in [9.17, 15) is 31.9 Å². The largest absolute Gasteiger partial charge is 0.586 e. The quantitative estimate of drug-likeness (QED) is 0.270. The van der Waals surface area contributed by atoms with Crippen LogP contribution in [0.2, 0.25) is 0 Å². The Bertz CT molecular complexity index is 1630. The van der Waals surface area contributed by atoms with Gasteiger partial charge in [-0.15, -0.1) is 8.78 Å². The highest BCUT2D eigenvalue weighted by Gasteiger charge is 2.54. The van der Waals surface area contributed by atoms with E-state index in [2.05, 4.69) is 19.6 Å². The predicted molar refractivity (Wildman–Crippen MR) is 145 cm³/mol. The van der Waals surface area contributed by atoms with Crippen molar-refractivity contribution < 1.29 is 50.8 Å². The van der Waals surface area contributed by atoms with E-state index in [4.69, 9.17) is 9.47 Å². The van der Waals surface area contributed by atoms with Crippen molar-refractivity contribution in [3.8, 4) is 23.1 Å². The molecule has 240 valence electrons. The summed E-state index contributed by atoms with van der Waals surface area (Å²) in [6.45, 7) is 1.66. The first-order valence-corrected chi connectivity index (χ1v) is 14.9. The van der Waals surface area contributed by atoms with Crippen molar-refractivity contribution in [1.82, 2.24) is 14.8 Å². The standard InChI is InChI=1S/C31H30F5N3O6/c1-17(18-5-6-21-23(15-18)45-31(35,36)44-21)42-24-16-19(7-14-37-24)39-25-20(26(38-39)30(32,33)34)3-2-4-22(25)43-29-11-8-28(9-12-29,10-13-29)27(40)41/h5-7,14-17,22H,2-4,8-13H2,1H3,(H,40,41)/t17-,22+,28?,29?/m0/s1. The molecule has 8 rings (SSSR count). The maximum Gasteiger partial charge on any atom is 0.586 e. The Morgan fingerprint density at radius 3 is 2.47 bits per heavy atom. The lowest BCUT2D eigenvalue weighted by Gasteiger charge is -2.52. The third kappa shape index (κ3) is 5.26. The number of nitrogens with zero attached hydrogens (tertiary/aromatic N) is 3. The van der Waals surface area contributed by atoms with Crippen LogP contribution >= 0.6 is 0 Å². The van der Waals surface area contributed by atoms with Crippen LogP contribution in [0.25, 0.3) is 5.69 Å². The molecule has 2 atom stereocenters. The van der Waals surface area contributed by atoms with Crippen molar-refractivity contribution in [3.05, 3.63) is 59.0 Å². The molecule has 4 aliphatic carbocycles. The van der Waals surface area contributed by atoms with Crippen molar-refractivity contribution >= 4 is 5.97 Å². The molecule has 0 unspecified atom stereocenters. The van der Waals surface area contributed by atoms with E-state index in [-0.39, 0.29) is 35.1 Å². The molecule has 0 spiro atoms. The van der Waals surface area contributed by atoms with Crippen LogP contribution in [0.1, 0.15) is 93.0 Å². The van der Waals surface area contributed by atoms with Crippen LogP contribution in [-0.2, 0) is 22.1 Å². The summed E-state index contributed by atoms with van der Waals surface area (Å²) in [5.74, 6) is -0.974. The second kappa shape index (κ2) is 10.3. The van der Waals surface area contributed by atoms with Gasteiger partial charge in [0.05, 0.1) is 22.4 Å². The number of benzene rings is 1. The second-order valence-corrected chi connectivity index (χ2v) is 12.4. The minimum atomic E-state index is -4.69. The third-order valence-electron chi connectivity index (χ3n) is 9.67. The van der Waals surface area contributed by atoms with Gasteiger partial charge in [0, 0.05) is 17.8 Å². The number of hydrogen-bond donors (Lipinski definition) is 1. The Balaban J connectivity index is 1.18. The Morgan fingerprint density at radius 2 is 1.78 bits per heavy atom.